The first-order valence-corrected chi connectivity index (χ1v) is 11.6. The minimum atomic E-state index is -0.577. The van der Waals surface area contributed by atoms with E-state index >= 15 is 0 Å². The lowest BCUT2D eigenvalue weighted by molar-refractivity contribution is -0.142. The molecule has 32 heavy (non-hydrogen) atoms. The van der Waals surface area contributed by atoms with Gasteiger partial charge in [-0.05, 0) is 81.3 Å². The van der Waals surface area contributed by atoms with E-state index in [4.69, 9.17) is 4.74 Å². The maximum absolute atomic E-state index is 13.3. The second kappa shape index (κ2) is 10.7. The van der Waals surface area contributed by atoms with E-state index in [-0.39, 0.29) is 24.5 Å². The molecule has 172 valence electrons. The average Bonchev–Trinajstić information content (AvgIpc) is 3.27. The van der Waals surface area contributed by atoms with Crippen molar-refractivity contribution >= 4 is 11.8 Å². The third-order valence-electron chi connectivity index (χ3n) is 6.59. The molecule has 0 aliphatic heterocycles. The molecule has 1 aliphatic rings. The van der Waals surface area contributed by atoms with E-state index in [1.54, 1.807) is 4.90 Å². The first kappa shape index (κ1) is 23.8. The number of benzene rings is 2. The van der Waals surface area contributed by atoms with Crippen LogP contribution >= 0.6 is 0 Å². The van der Waals surface area contributed by atoms with Crippen molar-refractivity contribution in [2.45, 2.75) is 78.9 Å². The summed E-state index contributed by atoms with van der Waals surface area (Å²) in [6.07, 6.45) is 4.32. The van der Waals surface area contributed by atoms with E-state index in [0.717, 1.165) is 59.3 Å². The van der Waals surface area contributed by atoms with Gasteiger partial charge in [0, 0.05) is 12.6 Å². The van der Waals surface area contributed by atoms with Gasteiger partial charge in [0.25, 0.3) is 5.91 Å². The Hall–Kier alpha value is -2.82. The highest BCUT2D eigenvalue weighted by atomic mass is 16.5. The molecular weight excluding hydrogens is 400 g/mol. The van der Waals surface area contributed by atoms with Crippen LogP contribution in [0.5, 0.6) is 5.75 Å². The van der Waals surface area contributed by atoms with Gasteiger partial charge in [0.15, 0.2) is 6.61 Å². The third kappa shape index (κ3) is 5.90. The SMILES string of the molecule is Cc1cc(C)c(C)c(OCC(=O)N(Cc2ccccc2C)C(C)C(=O)NC2CCCC2)c1. The van der Waals surface area contributed by atoms with Crippen LogP contribution < -0.4 is 10.1 Å². The lowest BCUT2D eigenvalue weighted by atomic mass is 10.1. The van der Waals surface area contributed by atoms with Gasteiger partial charge in [-0.15, -0.1) is 0 Å². The highest BCUT2D eigenvalue weighted by Crippen LogP contribution is 2.24. The molecule has 1 aliphatic carbocycles. The van der Waals surface area contributed by atoms with E-state index in [0.29, 0.717) is 6.54 Å². The van der Waals surface area contributed by atoms with Gasteiger partial charge >= 0.3 is 0 Å². The summed E-state index contributed by atoms with van der Waals surface area (Å²) in [5.41, 5.74) is 5.38. The summed E-state index contributed by atoms with van der Waals surface area (Å²) in [6.45, 7) is 10.2. The van der Waals surface area contributed by atoms with Crippen molar-refractivity contribution in [2.24, 2.45) is 0 Å². The Morgan fingerprint density at radius 2 is 1.75 bits per heavy atom. The minimum Gasteiger partial charge on any atom is -0.483 e. The Morgan fingerprint density at radius 1 is 1.06 bits per heavy atom. The molecule has 3 rings (SSSR count). The normalized spacial score (nSPS) is 14.8. The van der Waals surface area contributed by atoms with Gasteiger partial charge in [-0.25, -0.2) is 0 Å². The second-order valence-corrected chi connectivity index (χ2v) is 9.11. The molecule has 5 nitrogen and oxygen atoms in total. The summed E-state index contributed by atoms with van der Waals surface area (Å²) in [5, 5.41) is 3.14. The van der Waals surface area contributed by atoms with Crippen LogP contribution in [0.3, 0.4) is 0 Å². The van der Waals surface area contributed by atoms with Crippen LogP contribution in [0.2, 0.25) is 0 Å². The topological polar surface area (TPSA) is 58.6 Å². The van der Waals surface area contributed by atoms with E-state index in [2.05, 4.69) is 11.4 Å². The summed E-state index contributed by atoms with van der Waals surface area (Å²) >= 11 is 0. The fourth-order valence-corrected chi connectivity index (χ4v) is 4.32. The number of hydrogen-bond donors (Lipinski definition) is 1. The Bertz CT molecular complexity index is 963. The third-order valence-corrected chi connectivity index (χ3v) is 6.59. The number of nitrogens with zero attached hydrogens (tertiary/aromatic N) is 1. The van der Waals surface area contributed by atoms with Gasteiger partial charge in [0.2, 0.25) is 5.91 Å². The Balaban J connectivity index is 1.76. The zero-order valence-electron chi connectivity index (χ0n) is 20.0. The van der Waals surface area contributed by atoms with Crippen molar-refractivity contribution in [1.82, 2.24) is 10.2 Å². The maximum atomic E-state index is 13.3. The molecule has 1 unspecified atom stereocenters. The molecule has 0 spiro atoms. The summed E-state index contributed by atoms with van der Waals surface area (Å²) in [6, 6.07) is 11.7. The smallest absolute Gasteiger partial charge is 0.261 e. The maximum Gasteiger partial charge on any atom is 0.261 e. The largest absolute Gasteiger partial charge is 0.483 e. The lowest BCUT2D eigenvalue weighted by Gasteiger charge is -2.30. The Labute approximate surface area is 192 Å². The highest BCUT2D eigenvalue weighted by molar-refractivity contribution is 5.88. The number of ether oxygens (including phenoxy) is 1. The van der Waals surface area contributed by atoms with Gasteiger partial charge in [0.1, 0.15) is 11.8 Å². The van der Waals surface area contributed by atoms with Crippen LogP contribution in [0.4, 0.5) is 0 Å². The molecule has 1 saturated carbocycles. The zero-order valence-corrected chi connectivity index (χ0v) is 20.0. The fraction of sp³-hybridized carbons (Fsp3) is 0.481. The zero-order chi connectivity index (χ0) is 23.3. The number of amides is 2. The number of carbonyl (C=O) groups excluding carboxylic acids is 2. The summed E-state index contributed by atoms with van der Waals surface area (Å²) < 4.78 is 5.95. The number of nitrogens with one attached hydrogen (secondary N) is 1. The van der Waals surface area contributed by atoms with Crippen LogP contribution in [-0.4, -0.2) is 35.4 Å². The molecule has 1 N–H and O–H groups in total. The summed E-state index contributed by atoms with van der Waals surface area (Å²) in [7, 11) is 0. The first-order valence-electron chi connectivity index (χ1n) is 11.6. The lowest BCUT2D eigenvalue weighted by Crippen LogP contribution is -2.50. The van der Waals surface area contributed by atoms with Crippen LogP contribution in [0, 0.1) is 27.7 Å². The van der Waals surface area contributed by atoms with Crippen LogP contribution in [0.25, 0.3) is 0 Å². The molecule has 0 saturated heterocycles. The fourth-order valence-electron chi connectivity index (χ4n) is 4.32. The Kier molecular flexibility index (Phi) is 7.94. The van der Waals surface area contributed by atoms with E-state index in [1.807, 2.05) is 65.0 Å². The molecule has 2 amide bonds. The number of carbonyl (C=O) groups is 2. The number of aryl methyl sites for hydroxylation is 3. The molecule has 1 fully saturated rings. The molecule has 2 aromatic rings. The molecule has 2 aromatic carbocycles. The molecule has 0 aromatic heterocycles. The van der Waals surface area contributed by atoms with Gasteiger partial charge in [-0.1, -0.05) is 43.2 Å². The number of rotatable bonds is 8. The minimum absolute atomic E-state index is 0.0959. The second-order valence-electron chi connectivity index (χ2n) is 9.11. The van der Waals surface area contributed by atoms with Gasteiger partial charge < -0.3 is 15.0 Å². The van der Waals surface area contributed by atoms with Gasteiger partial charge in [-0.3, -0.25) is 9.59 Å². The van der Waals surface area contributed by atoms with Gasteiger partial charge in [0.05, 0.1) is 0 Å². The van der Waals surface area contributed by atoms with Crippen LogP contribution in [-0.2, 0) is 16.1 Å². The predicted molar refractivity (Wildman–Crippen MR) is 128 cm³/mol. The highest BCUT2D eigenvalue weighted by Gasteiger charge is 2.29. The van der Waals surface area contributed by atoms with Crippen molar-refractivity contribution in [3.8, 4) is 5.75 Å². The molecular formula is C27H36N2O3. The monoisotopic (exact) mass is 436 g/mol. The number of hydrogen-bond acceptors (Lipinski definition) is 3. The van der Waals surface area contributed by atoms with Crippen molar-refractivity contribution in [3.05, 3.63) is 64.2 Å². The summed E-state index contributed by atoms with van der Waals surface area (Å²) in [4.78, 5) is 28.0. The van der Waals surface area contributed by atoms with Crippen molar-refractivity contribution in [3.63, 3.8) is 0 Å². The Morgan fingerprint density at radius 3 is 2.44 bits per heavy atom. The quantitative estimate of drug-likeness (QED) is 0.648. The first-order chi connectivity index (χ1) is 15.3. The van der Waals surface area contributed by atoms with Crippen LogP contribution in [0.1, 0.15) is 60.4 Å². The van der Waals surface area contributed by atoms with Gasteiger partial charge in [-0.2, -0.15) is 0 Å². The summed E-state index contributed by atoms with van der Waals surface area (Å²) in [5.74, 6) is 0.428. The molecule has 0 bridgehead atoms. The van der Waals surface area contributed by atoms with Crippen molar-refractivity contribution < 1.29 is 14.3 Å². The van der Waals surface area contributed by atoms with E-state index < -0.39 is 6.04 Å². The van der Waals surface area contributed by atoms with E-state index in [9.17, 15) is 9.59 Å². The van der Waals surface area contributed by atoms with Crippen molar-refractivity contribution in [1.29, 1.82) is 0 Å². The van der Waals surface area contributed by atoms with Crippen LogP contribution in [0.15, 0.2) is 36.4 Å². The standard InChI is InChI=1S/C27H36N2O3/c1-18-14-20(3)21(4)25(15-18)32-17-26(30)29(16-23-11-7-6-10-19(23)2)22(5)27(31)28-24-12-8-9-13-24/h6-7,10-11,14-15,22,24H,8-9,12-13,16-17H2,1-5H3,(H,28,31). The molecule has 1 atom stereocenters. The predicted octanol–water partition coefficient (Wildman–Crippen LogP) is 4.78. The van der Waals surface area contributed by atoms with Crippen molar-refractivity contribution in [2.75, 3.05) is 6.61 Å². The van der Waals surface area contributed by atoms with E-state index in [1.165, 1.54) is 0 Å². The average molecular weight is 437 g/mol. The molecule has 0 heterocycles. The molecule has 0 radical (unpaired) electrons. The molecule has 5 heteroatoms.